The molecule has 5 aromatic rings. The van der Waals surface area contributed by atoms with Gasteiger partial charge >= 0.3 is 0 Å². The Hall–Kier alpha value is -5.24. The van der Waals surface area contributed by atoms with Gasteiger partial charge in [-0.05, 0) is 56.1 Å². The van der Waals surface area contributed by atoms with Crippen molar-refractivity contribution in [3.8, 4) is 28.4 Å². The molecule has 2 aliphatic rings. The summed E-state index contributed by atoms with van der Waals surface area (Å²) < 4.78 is 11.6. The highest BCUT2D eigenvalue weighted by Crippen LogP contribution is 2.40. The monoisotopic (exact) mass is 705 g/mol. The Bertz CT molecular complexity index is 2010. The molecule has 0 spiro atoms. The van der Waals surface area contributed by atoms with Crippen LogP contribution in [0.4, 0.5) is 23.0 Å². The lowest BCUT2D eigenvalue weighted by Crippen LogP contribution is -2.53. The number of rotatable bonds is 13. The van der Waals surface area contributed by atoms with Gasteiger partial charge in [0.15, 0.2) is 0 Å². The molecule has 4 N–H and O–H groups in total. The number of likely N-dealkylation sites (N-methyl/N-ethyl adjacent to an activating group) is 1. The zero-order valence-corrected chi connectivity index (χ0v) is 29.9. The van der Waals surface area contributed by atoms with E-state index in [-0.39, 0.29) is 12.5 Å². The van der Waals surface area contributed by atoms with Gasteiger partial charge in [-0.3, -0.25) is 9.69 Å². The summed E-state index contributed by atoms with van der Waals surface area (Å²) in [6.07, 6.45) is 7.89. The molecule has 5 heterocycles. The third kappa shape index (κ3) is 7.66. The molecule has 7 rings (SSSR count). The molecule has 0 aliphatic carbocycles. The van der Waals surface area contributed by atoms with Crippen molar-refractivity contribution < 1.29 is 19.1 Å². The quantitative estimate of drug-likeness (QED) is 0.112. The molecule has 3 aromatic heterocycles. The van der Waals surface area contributed by atoms with E-state index in [2.05, 4.69) is 48.8 Å². The Morgan fingerprint density at radius 2 is 1.90 bits per heavy atom. The molecular formula is C39H47N9O4. The van der Waals surface area contributed by atoms with Crippen LogP contribution in [-0.4, -0.2) is 106 Å². The number of aromatic amines is 1. The van der Waals surface area contributed by atoms with Crippen LogP contribution in [0.3, 0.4) is 0 Å². The van der Waals surface area contributed by atoms with Gasteiger partial charge in [0.2, 0.25) is 11.9 Å². The van der Waals surface area contributed by atoms with Crippen LogP contribution in [0.15, 0.2) is 72.0 Å². The Kier molecular flexibility index (Phi) is 10.8. The molecule has 2 fully saturated rings. The molecule has 13 heteroatoms. The van der Waals surface area contributed by atoms with Crippen molar-refractivity contribution in [2.45, 2.75) is 38.6 Å². The zero-order chi connectivity index (χ0) is 36.0. The molecule has 2 aliphatic heterocycles. The average molecular weight is 706 g/mol. The van der Waals surface area contributed by atoms with Crippen LogP contribution in [0.1, 0.15) is 32.0 Å². The number of methoxy groups -OCH3 is 1. The Labute approximate surface area is 303 Å². The Morgan fingerprint density at radius 1 is 1.08 bits per heavy atom. The van der Waals surface area contributed by atoms with E-state index in [0.29, 0.717) is 47.7 Å². The first-order chi connectivity index (χ1) is 25.5. The first-order valence-electron chi connectivity index (χ1n) is 18.1. The number of anilines is 4. The number of nitrogens with zero attached hydrogens (tertiary/aromatic N) is 6. The predicted octanol–water partition coefficient (Wildman–Crippen LogP) is 5.69. The first kappa shape index (κ1) is 35.2. The molecule has 52 heavy (non-hydrogen) atoms. The highest BCUT2D eigenvalue weighted by atomic mass is 16.5. The number of aliphatic hydroxyl groups excluding tert-OH is 1. The largest absolute Gasteiger partial charge is 0.494 e. The second kappa shape index (κ2) is 16.0. The number of aryl methyl sites for hydroxylation is 1. The molecule has 0 bridgehead atoms. The summed E-state index contributed by atoms with van der Waals surface area (Å²) in [5, 5.41) is 16.8. The standard InChI is InChI=1S/C39H47N9O4/c1-4-36(50)41-30-24-31(34(51-3)25-32(30)48-15-11-28(12-16-48)47-19-17-46(5-2)18-20-47)43-39-40-14-10-29(42-39)38-37(44-35(45-38)7-6-21-49)27-9-8-26-13-22-52-33(26)23-27/h4,8-10,13-14,22-25,28,49H,1,5-7,11-12,15-21H2,2-3H3,(H,41,50)(H,44,45)(H,40,42,43). The van der Waals surface area contributed by atoms with E-state index in [0.717, 1.165) is 98.1 Å². The van der Waals surface area contributed by atoms with Crippen LogP contribution in [-0.2, 0) is 11.2 Å². The van der Waals surface area contributed by atoms with Crippen molar-refractivity contribution in [2.24, 2.45) is 0 Å². The number of H-pyrrole nitrogens is 1. The van der Waals surface area contributed by atoms with Gasteiger partial charge in [-0.25, -0.2) is 15.0 Å². The number of aliphatic hydroxyl groups is 1. The number of imidazole rings is 1. The number of ether oxygens (including phenoxy) is 1. The van der Waals surface area contributed by atoms with Gasteiger partial charge in [0, 0.05) is 81.6 Å². The molecule has 0 atom stereocenters. The van der Waals surface area contributed by atoms with Crippen LogP contribution in [0.25, 0.3) is 33.6 Å². The van der Waals surface area contributed by atoms with Crippen molar-refractivity contribution in [3.05, 3.63) is 73.4 Å². The number of fused-ring (bicyclic) bond motifs is 1. The number of nitrogens with one attached hydrogen (secondary N) is 3. The molecule has 13 nitrogen and oxygen atoms in total. The lowest BCUT2D eigenvalue weighted by molar-refractivity contribution is -0.111. The van der Waals surface area contributed by atoms with Crippen LogP contribution >= 0.6 is 0 Å². The van der Waals surface area contributed by atoms with Crippen molar-refractivity contribution in [2.75, 3.05) is 75.1 Å². The minimum atomic E-state index is -0.296. The van der Waals surface area contributed by atoms with E-state index in [1.807, 2.05) is 42.5 Å². The van der Waals surface area contributed by atoms with Crippen LogP contribution in [0.2, 0.25) is 0 Å². The number of hydrogen-bond donors (Lipinski definition) is 4. The van der Waals surface area contributed by atoms with Crippen molar-refractivity contribution >= 4 is 39.9 Å². The Morgan fingerprint density at radius 3 is 2.65 bits per heavy atom. The molecule has 1 amide bonds. The molecular weight excluding hydrogens is 658 g/mol. The number of amides is 1. The third-order valence-electron chi connectivity index (χ3n) is 10.1. The maximum Gasteiger partial charge on any atom is 0.247 e. The van der Waals surface area contributed by atoms with Gasteiger partial charge in [-0.1, -0.05) is 25.6 Å². The van der Waals surface area contributed by atoms with Gasteiger partial charge in [0.05, 0.1) is 47.5 Å². The molecule has 0 saturated carbocycles. The summed E-state index contributed by atoms with van der Waals surface area (Å²) in [5.41, 5.74) is 5.86. The summed E-state index contributed by atoms with van der Waals surface area (Å²) in [6, 6.07) is 14.1. The first-order valence-corrected chi connectivity index (χ1v) is 18.1. The average Bonchev–Trinajstić information content (AvgIpc) is 3.85. The topological polar surface area (TPSA) is 148 Å². The minimum Gasteiger partial charge on any atom is -0.494 e. The zero-order valence-electron chi connectivity index (χ0n) is 29.9. The van der Waals surface area contributed by atoms with Gasteiger partial charge in [0.25, 0.3) is 0 Å². The normalized spacial score (nSPS) is 15.9. The third-order valence-corrected chi connectivity index (χ3v) is 10.1. The SMILES string of the molecule is C=CC(=O)Nc1cc(Nc2nccc(-c3[nH]c(CCCO)nc3-c3ccc4ccoc4c3)n2)c(OC)cc1N1CCC(N2CCN(CC)CC2)CC1. The van der Waals surface area contributed by atoms with Gasteiger partial charge in [0.1, 0.15) is 17.2 Å². The molecule has 2 saturated heterocycles. The predicted molar refractivity (Wildman–Crippen MR) is 204 cm³/mol. The fourth-order valence-electron chi connectivity index (χ4n) is 7.26. The molecule has 272 valence electrons. The second-order valence-corrected chi connectivity index (χ2v) is 13.2. The second-order valence-electron chi connectivity index (χ2n) is 13.2. The number of piperazine rings is 1. The maximum atomic E-state index is 12.7. The Balaban J connectivity index is 1.15. The number of aromatic nitrogens is 4. The summed E-state index contributed by atoms with van der Waals surface area (Å²) in [6.45, 7) is 13.3. The van der Waals surface area contributed by atoms with Crippen LogP contribution < -0.4 is 20.3 Å². The summed E-state index contributed by atoms with van der Waals surface area (Å²) in [4.78, 5) is 37.9. The van der Waals surface area contributed by atoms with Crippen molar-refractivity contribution in [1.82, 2.24) is 29.7 Å². The smallest absolute Gasteiger partial charge is 0.247 e. The van der Waals surface area contributed by atoms with Crippen LogP contribution in [0.5, 0.6) is 5.75 Å². The van der Waals surface area contributed by atoms with Crippen molar-refractivity contribution in [1.29, 1.82) is 0 Å². The highest BCUT2D eigenvalue weighted by molar-refractivity contribution is 6.02. The number of carbonyl (C=O) groups is 1. The van der Waals surface area contributed by atoms with Gasteiger partial charge < -0.3 is 39.7 Å². The number of benzene rings is 2. The van der Waals surface area contributed by atoms with E-state index in [4.69, 9.17) is 19.1 Å². The summed E-state index contributed by atoms with van der Waals surface area (Å²) >= 11 is 0. The highest BCUT2D eigenvalue weighted by Gasteiger charge is 2.29. The van der Waals surface area contributed by atoms with E-state index in [1.165, 1.54) is 6.08 Å². The molecule has 0 radical (unpaired) electrons. The number of hydrogen-bond acceptors (Lipinski definition) is 11. The van der Waals surface area contributed by atoms with Crippen LogP contribution in [0, 0.1) is 0 Å². The van der Waals surface area contributed by atoms with E-state index >= 15 is 0 Å². The van der Waals surface area contributed by atoms with E-state index in [9.17, 15) is 9.90 Å². The lowest BCUT2D eigenvalue weighted by Gasteiger charge is -2.43. The number of piperidine rings is 1. The number of carbonyl (C=O) groups excluding carboxylic acids is 1. The van der Waals surface area contributed by atoms with Crippen molar-refractivity contribution in [3.63, 3.8) is 0 Å². The minimum absolute atomic E-state index is 0.0656. The fourth-order valence-corrected chi connectivity index (χ4v) is 7.26. The molecule has 2 aromatic carbocycles. The summed E-state index contributed by atoms with van der Waals surface area (Å²) in [7, 11) is 1.63. The lowest BCUT2D eigenvalue weighted by atomic mass is 10.0. The van der Waals surface area contributed by atoms with E-state index in [1.54, 1.807) is 19.6 Å². The number of furan rings is 1. The van der Waals surface area contributed by atoms with Gasteiger partial charge in [-0.15, -0.1) is 0 Å². The van der Waals surface area contributed by atoms with E-state index < -0.39 is 0 Å². The van der Waals surface area contributed by atoms with Gasteiger partial charge in [-0.2, -0.15) is 0 Å². The summed E-state index contributed by atoms with van der Waals surface area (Å²) in [5.74, 6) is 1.39. The fraction of sp³-hybridized carbons (Fsp3) is 0.385. The maximum absolute atomic E-state index is 12.7. The molecule has 0 unspecified atom stereocenters.